The number of aliphatic hydroxyl groups is 1. The molecule has 0 radical (unpaired) electrons. The van der Waals surface area contributed by atoms with Gasteiger partial charge in [0.15, 0.2) is 16.9 Å². The third-order valence-corrected chi connectivity index (χ3v) is 4.52. The van der Waals surface area contributed by atoms with Crippen LogP contribution in [0.5, 0.6) is 11.5 Å². The standard InChI is InChI=1S/C18H18N2O6/c1-2-11-5-10-6-17(26-4-3-21)16(23)7-12(10)14-8-15(22)13(9-20(11)14)18(24)19-25/h6-9,11,21,23H,2-5H2,1H3/t11-/m0/s1. The minimum Gasteiger partial charge on any atom is -0.504 e. The van der Waals surface area contributed by atoms with Gasteiger partial charge in [-0.2, -0.15) is 0 Å². The van der Waals surface area contributed by atoms with Crippen LogP contribution < -0.4 is 10.2 Å². The number of hydrogen-bond acceptors (Lipinski definition) is 6. The number of benzene rings is 1. The van der Waals surface area contributed by atoms with Crippen molar-refractivity contribution >= 4 is 5.91 Å². The lowest BCUT2D eigenvalue weighted by molar-refractivity contribution is 0.0999. The van der Waals surface area contributed by atoms with Gasteiger partial charge in [0.2, 0.25) is 0 Å². The van der Waals surface area contributed by atoms with Crippen LogP contribution in [-0.4, -0.2) is 33.9 Å². The number of pyridine rings is 1. The second kappa shape index (κ2) is 7.09. The van der Waals surface area contributed by atoms with Crippen molar-refractivity contribution in [1.29, 1.82) is 0 Å². The van der Waals surface area contributed by atoms with Crippen LogP contribution in [0.25, 0.3) is 11.3 Å². The van der Waals surface area contributed by atoms with Crippen LogP contribution in [0.4, 0.5) is 0 Å². The number of carbonyl (C=O) groups excluding carboxylic acids is 1. The van der Waals surface area contributed by atoms with E-state index in [2.05, 4.69) is 5.18 Å². The Kier molecular flexibility index (Phi) is 4.85. The Morgan fingerprint density at radius 1 is 1.38 bits per heavy atom. The van der Waals surface area contributed by atoms with Gasteiger partial charge in [0.05, 0.1) is 12.3 Å². The molecule has 0 saturated heterocycles. The van der Waals surface area contributed by atoms with Gasteiger partial charge >= 0.3 is 5.91 Å². The second-order valence-electron chi connectivity index (χ2n) is 6.06. The maximum atomic E-state index is 12.2. The van der Waals surface area contributed by atoms with E-state index in [1.807, 2.05) is 6.92 Å². The summed E-state index contributed by atoms with van der Waals surface area (Å²) in [5.41, 5.74) is 1.23. The first-order valence-electron chi connectivity index (χ1n) is 8.23. The monoisotopic (exact) mass is 358 g/mol. The molecule has 2 aromatic rings. The fourth-order valence-corrected chi connectivity index (χ4v) is 3.26. The summed E-state index contributed by atoms with van der Waals surface area (Å²) < 4.78 is 7.11. The summed E-state index contributed by atoms with van der Waals surface area (Å²) in [6.07, 6.45) is 2.69. The molecule has 1 aliphatic heterocycles. The van der Waals surface area contributed by atoms with Crippen LogP contribution in [0.15, 0.2) is 34.4 Å². The van der Waals surface area contributed by atoms with Crippen molar-refractivity contribution in [3.8, 4) is 22.8 Å². The van der Waals surface area contributed by atoms with E-state index in [1.165, 1.54) is 18.3 Å². The van der Waals surface area contributed by atoms with Gasteiger partial charge in [-0.1, -0.05) is 6.92 Å². The van der Waals surface area contributed by atoms with Crippen molar-refractivity contribution in [1.82, 2.24) is 4.57 Å². The molecular formula is C18H18N2O6. The summed E-state index contributed by atoms with van der Waals surface area (Å²) in [7, 11) is 0. The molecule has 0 saturated carbocycles. The number of nitrogens with zero attached hydrogens (tertiary/aromatic N) is 2. The van der Waals surface area contributed by atoms with E-state index in [0.29, 0.717) is 17.7 Å². The van der Waals surface area contributed by atoms with Crippen molar-refractivity contribution in [2.75, 3.05) is 13.2 Å². The number of hydrogen-bond donors (Lipinski definition) is 2. The van der Waals surface area contributed by atoms with E-state index in [1.54, 1.807) is 10.6 Å². The number of phenolic OH excluding ortho intramolecular Hbond substituents is 1. The lowest BCUT2D eigenvalue weighted by Gasteiger charge is -2.30. The molecule has 8 nitrogen and oxygen atoms in total. The molecule has 1 aliphatic rings. The van der Waals surface area contributed by atoms with Gasteiger partial charge in [-0.15, -0.1) is 4.91 Å². The molecule has 8 heteroatoms. The lowest BCUT2D eigenvalue weighted by Crippen LogP contribution is -2.25. The minimum atomic E-state index is -1.10. The lowest BCUT2D eigenvalue weighted by atomic mass is 9.90. The normalized spacial score (nSPS) is 15.1. The summed E-state index contributed by atoms with van der Waals surface area (Å²) in [4.78, 5) is 34.4. The highest BCUT2D eigenvalue weighted by Crippen LogP contribution is 2.41. The number of aromatic nitrogens is 1. The van der Waals surface area contributed by atoms with E-state index in [9.17, 15) is 19.6 Å². The Bertz CT molecular complexity index is 934. The highest BCUT2D eigenvalue weighted by atomic mass is 16.5. The highest BCUT2D eigenvalue weighted by Gasteiger charge is 2.26. The average molecular weight is 358 g/mol. The Balaban J connectivity index is 2.18. The van der Waals surface area contributed by atoms with E-state index < -0.39 is 11.3 Å². The van der Waals surface area contributed by atoms with E-state index in [4.69, 9.17) is 9.84 Å². The van der Waals surface area contributed by atoms with Crippen LogP contribution in [0.3, 0.4) is 0 Å². The van der Waals surface area contributed by atoms with Gasteiger partial charge in [0, 0.05) is 29.0 Å². The summed E-state index contributed by atoms with van der Waals surface area (Å²) >= 11 is 0. The van der Waals surface area contributed by atoms with Gasteiger partial charge < -0.3 is 19.5 Å². The third kappa shape index (κ3) is 2.99. The number of fused-ring (bicyclic) bond motifs is 3. The third-order valence-electron chi connectivity index (χ3n) is 4.52. The minimum absolute atomic E-state index is 0.0356. The van der Waals surface area contributed by atoms with Gasteiger partial charge in [-0.05, 0) is 30.5 Å². The van der Waals surface area contributed by atoms with Crippen molar-refractivity contribution in [2.24, 2.45) is 5.18 Å². The molecule has 1 amide bonds. The number of aromatic hydroxyl groups is 1. The first-order valence-corrected chi connectivity index (χ1v) is 8.23. The molecule has 0 unspecified atom stereocenters. The molecule has 0 fully saturated rings. The van der Waals surface area contributed by atoms with Crippen LogP contribution in [0.1, 0.15) is 35.3 Å². The molecule has 2 N–H and O–H groups in total. The van der Waals surface area contributed by atoms with E-state index in [0.717, 1.165) is 12.0 Å². The maximum Gasteiger partial charge on any atom is 0.322 e. The van der Waals surface area contributed by atoms with Crippen molar-refractivity contribution in [3.05, 3.63) is 50.7 Å². The smallest absolute Gasteiger partial charge is 0.322 e. The van der Waals surface area contributed by atoms with Crippen molar-refractivity contribution in [2.45, 2.75) is 25.8 Å². The molecule has 1 aromatic carbocycles. The zero-order valence-electron chi connectivity index (χ0n) is 14.1. The molecular weight excluding hydrogens is 340 g/mol. The molecule has 3 rings (SSSR count). The summed E-state index contributed by atoms with van der Waals surface area (Å²) in [6, 6.07) is 4.44. The predicted octanol–water partition coefficient (Wildman–Crippen LogP) is 2.01. The number of ether oxygens (including phenoxy) is 1. The molecule has 1 atom stereocenters. The van der Waals surface area contributed by atoms with Crippen LogP contribution >= 0.6 is 0 Å². The first kappa shape index (κ1) is 17.8. The highest BCUT2D eigenvalue weighted by molar-refractivity contribution is 5.94. The summed E-state index contributed by atoms with van der Waals surface area (Å²) in [6.45, 7) is 1.86. The number of nitroso groups, excluding NO2 is 1. The van der Waals surface area contributed by atoms with Gasteiger partial charge in [0.1, 0.15) is 12.2 Å². The van der Waals surface area contributed by atoms with Crippen molar-refractivity contribution < 1.29 is 19.7 Å². The van der Waals surface area contributed by atoms with Gasteiger partial charge in [0.25, 0.3) is 0 Å². The number of aliphatic hydroxyl groups excluding tert-OH is 1. The first-order chi connectivity index (χ1) is 12.5. The summed E-state index contributed by atoms with van der Waals surface area (Å²) in [5, 5.41) is 21.4. The average Bonchev–Trinajstić information content (AvgIpc) is 2.65. The molecule has 0 bridgehead atoms. The molecule has 2 heterocycles. The maximum absolute atomic E-state index is 12.2. The fourth-order valence-electron chi connectivity index (χ4n) is 3.26. The fraction of sp³-hybridized carbons (Fsp3) is 0.333. The van der Waals surface area contributed by atoms with E-state index >= 15 is 0 Å². The summed E-state index contributed by atoms with van der Waals surface area (Å²) in [5.74, 6) is -0.942. The number of carbonyl (C=O) groups is 1. The number of amides is 1. The number of phenols is 1. The molecule has 136 valence electrons. The molecule has 0 aliphatic carbocycles. The van der Waals surface area contributed by atoms with Crippen LogP contribution in [0, 0.1) is 4.91 Å². The molecule has 0 spiro atoms. The number of rotatable bonds is 5. The Hall–Kier alpha value is -3.00. The Morgan fingerprint density at radius 2 is 2.15 bits per heavy atom. The van der Waals surface area contributed by atoms with Gasteiger partial charge in [-0.25, -0.2) is 0 Å². The quantitative estimate of drug-likeness (QED) is 0.789. The predicted molar refractivity (Wildman–Crippen MR) is 93.5 cm³/mol. The Morgan fingerprint density at radius 3 is 2.81 bits per heavy atom. The van der Waals surface area contributed by atoms with Gasteiger partial charge in [-0.3, -0.25) is 9.59 Å². The molecule has 26 heavy (non-hydrogen) atoms. The Labute approximate surface area is 148 Å². The topological polar surface area (TPSA) is 118 Å². The zero-order chi connectivity index (χ0) is 18.8. The van der Waals surface area contributed by atoms with E-state index in [-0.39, 0.29) is 36.3 Å². The van der Waals surface area contributed by atoms with Crippen molar-refractivity contribution in [3.63, 3.8) is 0 Å². The van der Waals surface area contributed by atoms with Crippen LogP contribution in [-0.2, 0) is 6.42 Å². The largest absolute Gasteiger partial charge is 0.504 e. The second-order valence-corrected chi connectivity index (χ2v) is 6.06. The molecule has 1 aromatic heterocycles. The zero-order valence-corrected chi connectivity index (χ0v) is 14.1. The SMILES string of the molecule is CC[C@H]1Cc2cc(OCCO)c(O)cc2-c2cc(=O)c(C(=O)N=O)cn21. The van der Waals surface area contributed by atoms with Crippen LogP contribution in [0.2, 0.25) is 0 Å².